The molecule has 6 heteroatoms. The summed E-state index contributed by atoms with van der Waals surface area (Å²) in [6, 6.07) is 2.28. The molecule has 0 aromatic heterocycles. The van der Waals surface area contributed by atoms with Crippen molar-refractivity contribution in [2.45, 2.75) is 153 Å². The lowest BCUT2D eigenvalue weighted by molar-refractivity contribution is -0.302. The molecule has 1 aromatic carbocycles. The van der Waals surface area contributed by atoms with Gasteiger partial charge in [-0.25, -0.2) is 13.2 Å². The highest BCUT2D eigenvalue weighted by Gasteiger charge is 2.46. The zero-order valence-corrected chi connectivity index (χ0v) is 25.7. The van der Waals surface area contributed by atoms with E-state index in [0.29, 0.717) is 49.0 Å². The Balaban J connectivity index is 0.999. The molecule has 0 N–H and O–H groups in total. The third kappa shape index (κ3) is 8.10. The molecule has 0 spiro atoms. The number of halogens is 5. The second kappa shape index (κ2) is 14.7. The van der Waals surface area contributed by atoms with E-state index in [1.165, 1.54) is 51.4 Å². The van der Waals surface area contributed by atoms with E-state index in [2.05, 4.69) is 6.92 Å². The number of hydrogen-bond acceptors (Lipinski definition) is 1. The van der Waals surface area contributed by atoms with Crippen molar-refractivity contribution in [1.82, 2.24) is 0 Å². The van der Waals surface area contributed by atoms with Crippen LogP contribution >= 0.6 is 0 Å². The molecule has 4 aliphatic rings. The number of alkyl halides is 2. The Labute approximate surface area is 250 Å². The van der Waals surface area contributed by atoms with Crippen LogP contribution in [0.25, 0.3) is 0 Å². The molecule has 0 amide bonds. The minimum absolute atomic E-state index is 0.0462. The van der Waals surface area contributed by atoms with Crippen LogP contribution in [0.4, 0.5) is 22.0 Å². The Morgan fingerprint density at radius 3 is 1.64 bits per heavy atom. The topological polar surface area (TPSA) is 9.23 Å². The molecule has 1 nitrogen and oxygen atoms in total. The summed E-state index contributed by atoms with van der Waals surface area (Å²) in [6.45, 7) is 2.26. The minimum atomic E-state index is -3.03. The van der Waals surface area contributed by atoms with Crippen LogP contribution in [0.5, 0.6) is 0 Å². The maximum atomic E-state index is 15.3. The van der Waals surface area contributed by atoms with Crippen LogP contribution in [-0.4, -0.2) is 12.2 Å². The number of benzene rings is 1. The van der Waals surface area contributed by atoms with E-state index in [1.54, 1.807) is 0 Å². The van der Waals surface area contributed by atoms with E-state index < -0.39 is 29.5 Å². The van der Waals surface area contributed by atoms with Crippen LogP contribution in [0.15, 0.2) is 12.1 Å². The van der Waals surface area contributed by atoms with Crippen LogP contribution in [0, 0.1) is 53.0 Å². The molecule has 0 saturated heterocycles. The summed E-state index contributed by atoms with van der Waals surface area (Å²) < 4.78 is 76.9. The lowest BCUT2D eigenvalue weighted by atomic mass is 9.68. The quantitative estimate of drug-likeness (QED) is 0.148. The monoisotopic (exact) mass is 596 g/mol. The van der Waals surface area contributed by atoms with Crippen LogP contribution in [0.2, 0.25) is 0 Å². The van der Waals surface area contributed by atoms with Gasteiger partial charge in [-0.05, 0) is 143 Å². The van der Waals surface area contributed by atoms with Gasteiger partial charge in [0.1, 0.15) is 0 Å². The number of rotatable bonds is 10. The molecule has 0 heterocycles. The molecule has 0 radical (unpaired) electrons. The first kappa shape index (κ1) is 32.2. The highest BCUT2D eigenvalue weighted by molar-refractivity contribution is 5.23. The molecule has 0 atom stereocenters. The number of unbranched alkanes of at least 4 members (excludes halogenated alkanes) is 2. The first-order valence-electron chi connectivity index (χ1n) is 17.4. The van der Waals surface area contributed by atoms with Crippen LogP contribution < -0.4 is 0 Å². The van der Waals surface area contributed by atoms with Crippen molar-refractivity contribution in [1.29, 1.82) is 0 Å². The molecule has 1 aromatic rings. The summed E-state index contributed by atoms with van der Waals surface area (Å²) in [5, 5.41) is 0. The molecule has 4 fully saturated rings. The third-order valence-corrected chi connectivity index (χ3v) is 12.0. The van der Waals surface area contributed by atoms with Gasteiger partial charge in [-0.15, -0.1) is 0 Å². The van der Waals surface area contributed by atoms with E-state index in [-0.39, 0.29) is 12.0 Å². The van der Waals surface area contributed by atoms with Crippen molar-refractivity contribution in [3.8, 4) is 0 Å². The van der Waals surface area contributed by atoms with Crippen molar-refractivity contribution in [3.63, 3.8) is 0 Å². The van der Waals surface area contributed by atoms with Gasteiger partial charge < -0.3 is 4.74 Å². The molecule has 238 valence electrons. The van der Waals surface area contributed by atoms with Gasteiger partial charge in [-0.3, -0.25) is 0 Å². The summed E-state index contributed by atoms with van der Waals surface area (Å²) in [5.74, 6) is -0.973. The molecular weight excluding hydrogens is 543 g/mol. The Kier molecular flexibility index (Phi) is 11.3. The highest BCUT2D eigenvalue weighted by Crippen LogP contribution is 2.48. The summed E-state index contributed by atoms with van der Waals surface area (Å²) in [7, 11) is 0. The van der Waals surface area contributed by atoms with Crippen LogP contribution in [-0.2, 0) is 4.74 Å². The van der Waals surface area contributed by atoms with E-state index in [0.717, 1.165) is 75.3 Å². The summed E-state index contributed by atoms with van der Waals surface area (Å²) in [5.41, 5.74) is 0.545. The summed E-state index contributed by atoms with van der Waals surface area (Å²) in [4.78, 5) is 0. The van der Waals surface area contributed by atoms with Gasteiger partial charge in [0, 0.05) is 0 Å². The lowest BCUT2D eigenvalue weighted by Crippen LogP contribution is -2.40. The number of hydrogen-bond donors (Lipinski definition) is 0. The Morgan fingerprint density at radius 1 is 0.643 bits per heavy atom. The molecule has 0 aliphatic heterocycles. The fourth-order valence-corrected chi connectivity index (χ4v) is 9.29. The average molecular weight is 597 g/mol. The number of ether oxygens (including phenoxy) is 1. The zero-order valence-electron chi connectivity index (χ0n) is 25.7. The van der Waals surface area contributed by atoms with E-state index in [9.17, 15) is 13.2 Å². The van der Waals surface area contributed by atoms with Gasteiger partial charge in [0.05, 0.1) is 12.0 Å². The Hall–Kier alpha value is -1.17. The Bertz CT molecular complexity index is 942. The third-order valence-electron chi connectivity index (χ3n) is 12.0. The highest BCUT2D eigenvalue weighted by atomic mass is 19.3. The van der Waals surface area contributed by atoms with Crippen molar-refractivity contribution < 1.29 is 26.7 Å². The molecule has 42 heavy (non-hydrogen) atoms. The van der Waals surface area contributed by atoms with Gasteiger partial charge in [-0.1, -0.05) is 45.4 Å². The standard InChI is InChI=1S/C36H53F5O/c1-2-3-4-5-24-6-8-25(9-7-24)27-14-18-31(19-15-27)36(40,41)42-32-20-16-28(17-21-32)26-10-12-29(13-11-26)30-22-33(37)35(39)34(38)23-30/h22-29,31-32H,2-21H2,1H3. The first-order valence-corrected chi connectivity index (χ1v) is 17.4. The summed E-state index contributed by atoms with van der Waals surface area (Å²) in [6.07, 6.45) is 17.1. The maximum Gasteiger partial charge on any atom is 0.358 e. The van der Waals surface area contributed by atoms with Crippen molar-refractivity contribution in [3.05, 3.63) is 35.1 Å². The molecule has 5 rings (SSSR count). The van der Waals surface area contributed by atoms with Crippen LogP contribution in [0.1, 0.15) is 147 Å². The smallest absolute Gasteiger partial charge is 0.317 e. The van der Waals surface area contributed by atoms with E-state index >= 15 is 8.78 Å². The van der Waals surface area contributed by atoms with Crippen molar-refractivity contribution >= 4 is 0 Å². The molecule has 0 bridgehead atoms. The normalized spacial score (nSPS) is 34.8. The fourth-order valence-electron chi connectivity index (χ4n) is 9.29. The molecule has 4 saturated carbocycles. The minimum Gasteiger partial charge on any atom is -0.317 e. The van der Waals surface area contributed by atoms with E-state index in [4.69, 9.17) is 4.74 Å². The van der Waals surface area contributed by atoms with Gasteiger partial charge in [0.15, 0.2) is 17.5 Å². The van der Waals surface area contributed by atoms with Gasteiger partial charge in [-0.2, -0.15) is 8.78 Å². The first-order chi connectivity index (χ1) is 20.2. The largest absolute Gasteiger partial charge is 0.358 e. The van der Waals surface area contributed by atoms with Crippen molar-refractivity contribution in [2.75, 3.05) is 0 Å². The SMILES string of the molecule is CCCCCC1CCC(C2CCC(C(F)(F)OC3CCC(C4CCC(c5cc(F)c(F)c(F)c5)CC4)CC3)CC2)CC1. The predicted octanol–water partition coefficient (Wildman–Crippen LogP) is 11.7. The predicted molar refractivity (Wildman–Crippen MR) is 158 cm³/mol. The second-order valence-corrected chi connectivity index (χ2v) is 14.5. The van der Waals surface area contributed by atoms with E-state index in [1.807, 2.05) is 0 Å². The average Bonchev–Trinajstić information content (AvgIpc) is 3.00. The van der Waals surface area contributed by atoms with Crippen LogP contribution in [0.3, 0.4) is 0 Å². The molecule has 4 aliphatic carbocycles. The maximum absolute atomic E-state index is 15.3. The summed E-state index contributed by atoms with van der Waals surface area (Å²) >= 11 is 0. The van der Waals surface area contributed by atoms with Gasteiger partial charge in [0.2, 0.25) is 0 Å². The lowest BCUT2D eigenvalue weighted by Gasteiger charge is -2.41. The van der Waals surface area contributed by atoms with Gasteiger partial charge >= 0.3 is 6.11 Å². The fraction of sp³-hybridized carbons (Fsp3) is 0.833. The zero-order chi connectivity index (χ0) is 29.7. The second-order valence-electron chi connectivity index (χ2n) is 14.5. The van der Waals surface area contributed by atoms with Crippen molar-refractivity contribution in [2.24, 2.45) is 35.5 Å². The molecular formula is C36H53F5O. The van der Waals surface area contributed by atoms with Gasteiger partial charge in [0.25, 0.3) is 0 Å². The molecule has 0 unspecified atom stereocenters. The Morgan fingerprint density at radius 2 is 1.12 bits per heavy atom.